The SMILES string of the molecule is COC(=O)[C@H](C[C@@H]1CCCCC1=O)NC(=O)C1CC2(CCC2)CN1C(=O)OC(C)(C)C. The van der Waals surface area contributed by atoms with E-state index in [4.69, 9.17) is 9.47 Å². The Kier molecular flexibility index (Phi) is 6.96. The lowest BCUT2D eigenvalue weighted by molar-refractivity contribution is -0.146. The maximum Gasteiger partial charge on any atom is 0.410 e. The Bertz CT molecular complexity index is 724. The fraction of sp³-hybridized carbons (Fsp3) is 0.826. The number of likely N-dealkylation sites (tertiary alicyclic amines) is 1. The lowest BCUT2D eigenvalue weighted by Crippen LogP contribution is -2.52. The number of ether oxygens (including phenoxy) is 2. The molecule has 8 heteroatoms. The number of rotatable bonds is 5. The summed E-state index contributed by atoms with van der Waals surface area (Å²) in [5.41, 5.74) is -0.706. The van der Waals surface area contributed by atoms with Crippen molar-refractivity contribution in [3.63, 3.8) is 0 Å². The van der Waals surface area contributed by atoms with Crippen LogP contribution in [0, 0.1) is 11.3 Å². The normalized spacial score (nSPS) is 26.2. The van der Waals surface area contributed by atoms with Gasteiger partial charge < -0.3 is 14.8 Å². The molecule has 8 nitrogen and oxygen atoms in total. The summed E-state index contributed by atoms with van der Waals surface area (Å²) in [5, 5.41) is 2.80. The third-order valence-corrected chi connectivity index (χ3v) is 6.86. The van der Waals surface area contributed by atoms with Crippen molar-refractivity contribution in [2.75, 3.05) is 13.7 Å². The van der Waals surface area contributed by atoms with Crippen molar-refractivity contribution in [1.82, 2.24) is 10.2 Å². The lowest BCUT2D eigenvalue weighted by Gasteiger charge is -2.37. The first-order valence-corrected chi connectivity index (χ1v) is 11.4. The number of amides is 2. The summed E-state index contributed by atoms with van der Waals surface area (Å²) in [6, 6.07) is -1.59. The zero-order chi connectivity index (χ0) is 22.8. The van der Waals surface area contributed by atoms with Gasteiger partial charge in [0.05, 0.1) is 7.11 Å². The Balaban J connectivity index is 1.72. The van der Waals surface area contributed by atoms with E-state index in [0.29, 0.717) is 19.4 Å². The zero-order valence-corrected chi connectivity index (χ0v) is 19.2. The molecule has 0 aromatic carbocycles. The van der Waals surface area contributed by atoms with Crippen LogP contribution in [0.2, 0.25) is 0 Å². The standard InChI is InChI=1S/C23H36N2O6/c1-22(2,3)31-21(29)25-14-23(10-7-11-23)13-17(25)19(27)24-16(20(28)30-4)12-15-8-5-6-9-18(15)26/h15-17H,5-14H2,1-4H3,(H,24,27)/t15-,16-,17?/m0/s1. The van der Waals surface area contributed by atoms with Crippen LogP contribution in [0.3, 0.4) is 0 Å². The number of Topliss-reactive ketones (excluding diaryl/α,β-unsaturated/α-hetero) is 1. The van der Waals surface area contributed by atoms with Crippen LogP contribution in [0.25, 0.3) is 0 Å². The Labute approximate surface area is 184 Å². The zero-order valence-electron chi connectivity index (χ0n) is 19.2. The van der Waals surface area contributed by atoms with E-state index in [0.717, 1.165) is 38.5 Å². The third kappa shape index (κ3) is 5.57. The summed E-state index contributed by atoms with van der Waals surface area (Å²) in [6.07, 6.45) is 6.40. The molecular formula is C23H36N2O6. The van der Waals surface area contributed by atoms with Crippen molar-refractivity contribution < 1.29 is 28.7 Å². The molecule has 0 aromatic rings. The van der Waals surface area contributed by atoms with E-state index in [-0.39, 0.29) is 29.4 Å². The number of nitrogens with zero attached hydrogens (tertiary/aromatic N) is 1. The predicted octanol–water partition coefficient (Wildman–Crippen LogP) is 2.97. The van der Waals surface area contributed by atoms with Gasteiger partial charge in [0.2, 0.25) is 5.91 Å². The van der Waals surface area contributed by atoms with Gasteiger partial charge in [0.15, 0.2) is 0 Å². The van der Waals surface area contributed by atoms with E-state index in [2.05, 4.69) is 5.32 Å². The quantitative estimate of drug-likeness (QED) is 0.665. The van der Waals surface area contributed by atoms with Crippen molar-refractivity contribution in [2.24, 2.45) is 11.3 Å². The molecule has 2 amide bonds. The van der Waals surface area contributed by atoms with E-state index in [1.165, 1.54) is 12.0 Å². The van der Waals surface area contributed by atoms with E-state index in [1.807, 2.05) is 0 Å². The van der Waals surface area contributed by atoms with Gasteiger partial charge in [-0.25, -0.2) is 9.59 Å². The summed E-state index contributed by atoms with van der Waals surface area (Å²) < 4.78 is 10.4. The van der Waals surface area contributed by atoms with Crippen LogP contribution in [-0.4, -0.2) is 60.0 Å². The number of hydrogen-bond acceptors (Lipinski definition) is 6. The van der Waals surface area contributed by atoms with E-state index in [1.54, 1.807) is 20.8 Å². The molecule has 3 rings (SSSR count). The molecule has 1 aliphatic heterocycles. The number of carbonyl (C=O) groups is 4. The average molecular weight is 437 g/mol. The van der Waals surface area contributed by atoms with Crippen molar-refractivity contribution in [2.45, 2.75) is 96.2 Å². The molecule has 2 aliphatic carbocycles. The van der Waals surface area contributed by atoms with Crippen LogP contribution in [-0.2, 0) is 23.9 Å². The van der Waals surface area contributed by atoms with Crippen LogP contribution in [0.1, 0.15) is 78.6 Å². The van der Waals surface area contributed by atoms with Gasteiger partial charge in [-0.3, -0.25) is 14.5 Å². The molecule has 3 atom stereocenters. The highest BCUT2D eigenvalue weighted by molar-refractivity contribution is 5.91. The van der Waals surface area contributed by atoms with Crippen LogP contribution < -0.4 is 5.32 Å². The van der Waals surface area contributed by atoms with E-state index in [9.17, 15) is 19.2 Å². The molecule has 0 radical (unpaired) electrons. The first kappa shape index (κ1) is 23.5. The highest BCUT2D eigenvalue weighted by atomic mass is 16.6. The Hall–Kier alpha value is -2.12. The number of esters is 1. The second-order valence-electron chi connectivity index (χ2n) is 10.4. The molecule has 1 heterocycles. The predicted molar refractivity (Wildman–Crippen MR) is 113 cm³/mol. The summed E-state index contributed by atoms with van der Waals surface area (Å²) in [5.74, 6) is -1.05. The number of hydrogen-bond donors (Lipinski definition) is 1. The van der Waals surface area contributed by atoms with Crippen molar-refractivity contribution in [1.29, 1.82) is 0 Å². The molecule has 31 heavy (non-hydrogen) atoms. The maximum atomic E-state index is 13.3. The average Bonchev–Trinajstić information content (AvgIpc) is 3.09. The minimum atomic E-state index is -0.900. The summed E-state index contributed by atoms with van der Waals surface area (Å²) in [4.78, 5) is 52.2. The second-order valence-corrected chi connectivity index (χ2v) is 10.4. The lowest BCUT2D eigenvalue weighted by atomic mass is 9.67. The van der Waals surface area contributed by atoms with Crippen molar-refractivity contribution in [3.8, 4) is 0 Å². The fourth-order valence-electron chi connectivity index (χ4n) is 5.06. The van der Waals surface area contributed by atoms with E-state index < -0.39 is 29.7 Å². The van der Waals surface area contributed by atoms with Crippen molar-refractivity contribution in [3.05, 3.63) is 0 Å². The Morgan fingerprint density at radius 1 is 1.19 bits per heavy atom. The van der Waals surface area contributed by atoms with Crippen LogP contribution in [0.5, 0.6) is 0 Å². The monoisotopic (exact) mass is 436 g/mol. The largest absolute Gasteiger partial charge is 0.467 e. The van der Waals surface area contributed by atoms with Crippen LogP contribution in [0.15, 0.2) is 0 Å². The first-order chi connectivity index (χ1) is 14.5. The molecule has 0 bridgehead atoms. The van der Waals surface area contributed by atoms with Gasteiger partial charge >= 0.3 is 12.1 Å². The minimum Gasteiger partial charge on any atom is -0.467 e. The third-order valence-electron chi connectivity index (χ3n) is 6.86. The maximum absolute atomic E-state index is 13.3. The topological polar surface area (TPSA) is 102 Å². The summed E-state index contributed by atoms with van der Waals surface area (Å²) in [6.45, 7) is 5.88. The van der Waals surface area contributed by atoms with E-state index >= 15 is 0 Å². The molecular weight excluding hydrogens is 400 g/mol. The number of methoxy groups -OCH3 is 1. The molecule has 2 saturated carbocycles. The minimum absolute atomic E-state index is 0.0427. The molecule has 3 fully saturated rings. The van der Waals surface area contributed by atoms with Crippen LogP contribution in [0.4, 0.5) is 4.79 Å². The van der Waals surface area contributed by atoms with Gasteiger partial charge in [-0.05, 0) is 64.7 Å². The Morgan fingerprint density at radius 2 is 1.90 bits per heavy atom. The van der Waals surface area contributed by atoms with Gasteiger partial charge in [0.1, 0.15) is 23.5 Å². The molecule has 1 saturated heterocycles. The smallest absolute Gasteiger partial charge is 0.410 e. The van der Waals surface area contributed by atoms with Gasteiger partial charge in [-0.2, -0.15) is 0 Å². The Morgan fingerprint density at radius 3 is 2.45 bits per heavy atom. The second kappa shape index (κ2) is 9.17. The summed E-state index contributed by atoms with van der Waals surface area (Å²) in [7, 11) is 1.27. The van der Waals surface area contributed by atoms with Gasteiger partial charge in [0, 0.05) is 18.9 Å². The van der Waals surface area contributed by atoms with Gasteiger partial charge in [-0.15, -0.1) is 0 Å². The molecule has 3 aliphatic rings. The highest BCUT2D eigenvalue weighted by Crippen LogP contribution is 2.50. The van der Waals surface area contributed by atoms with Crippen molar-refractivity contribution >= 4 is 23.8 Å². The molecule has 1 N–H and O–H groups in total. The molecule has 174 valence electrons. The van der Waals surface area contributed by atoms with Gasteiger partial charge in [-0.1, -0.05) is 12.8 Å². The molecule has 1 unspecified atom stereocenters. The van der Waals surface area contributed by atoms with Gasteiger partial charge in [0.25, 0.3) is 0 Å². The number of carbonyl (C=O) groups excluding carboxylic acids is 4. The van der Waals surface area contributed by atoms with Crippen LogP contribution >= 0.6 is 0 Å². The molecule has 0 aromatic heterocycles. The number of ketones is 1. The first-order valence-electron chi connectivity index (χ1n) is 11.4. The number of nitrogens with one attached hydrogen (secondary N) is 1. The highest BCUT2D eigenvalue weighted by Gasteiger charge is 2.52. The fourth-order valence-corrected chi connectivity index (χ4v) is 5.06. The molecule has 1 spiro atoms. The summed E-state index contributed by atoms with van der Waals surface area (Å²) >= 11 is 0.